The number of sulfonamides is 1. The van der Waals surface area contributed by atoms with Crippen molar-refractivity contribution in [1.82, 2.24) is 0 Å². The molecule has 0 fully saturated rings. The molecule has 0 spiro atoms. The van der Waals surface area contributed by atoms with E-state index in [-0.39, 0.29) is 0 Å². The molecule has 138 valence electrons. The van der Waals surface area contributed by atoms with Crippen LogP contribution in [-0.4, -0.2) is 33.0 Å². The molecule has 2 amide bonds. The lowest BCUT2D eigenvalue weighted by atomic mass is 10.2. The summed E-state index contributed by atoms with van der Waals surface area (Å²) < 4.78 is 25.1. The number of nitrogens with two attached hydrogens (primary N) is 1. The van der Waals surface area contributed by atoms with Gasteiger partial charge >= 0.3 is 0 Å². The minimum atomic E-state index is -3.70. The maximum Gasteiger partial charge on any atom is 0.248 e. The van der Waals surface area contributed by atoms with E-state index >= 15 is 0 Å². The van der Waals surface area contributed by atoms with Crippen molar-refractivity contribution in [2.75, 3.05) is 22.4 Å². The molecule has 0 saturated carbocycles. The number of benzene rings is 2. The average Bonchev–Trinajstić information content (AvgIpc) is 2.55. The van der Waals surface area contributed by atoms with Crippen LogP contribution in [0, 0.1) is 6.92 Å². The third-order valence-electron chi connectivity index (χ3n) is 3.58. The highest BCUT2D eigenvalue weighted by Gasteiger charge is 2.21. The summed E-state index contributed by atoms with van der Waals surface area (Å²) in [6.45, 7) is 1.37. The predicted octanol–water partition coefficient (Wildman–Crippen LogP) is 2.15. The summed E-state index contributed by atoms with van der Waals surface area (Å²) in [4.78, 5) is 23.3. The van der Waals surface area contributed by atoms with E-state index in [1.165, 1.54) is 30.3 Å². The topological polar surface area (TPSA) is 110 Å². The van der Waals surface area contributed by atoms with E-state index in [2.05, 4.69) is 5.32 Å². The maximum atomic E-state index is 12.3. The lowest BCUT2D eigenvalue weighted by molar-refractivity contribution is -0.114. The largest absolute Gasteiger partial charge is 0.366 e. The van der Waals surface area contributed by atoms with Crippen LogP contribution in [0.3, 0.4) is 0 Å². The highest BCUT2D eigenvalue weighted by molar-refractivity contribution is 7.92. The Morgan fingerprint density at radius 3 is 2.27 bits per heavy atom. The van der Waals surface area contributed by atoms with Gasteiger partial charge in [-0.3, -0.25) is 13.9 Å². The minimum absolute atomic E-state index is 0.294. The van der Waals surface area contributed by atoms with Crippen LogP contribution in [0.5, 0.6) is 0 Å². The highest BCUT2D eigenvalue weighted by Crippen LogP contribution is 2.25. The second-order valence-corrected chi connectivity index (χ2v) is 8.01. The lowest BCUT2D eigenvalue weighted by Gasteiger charge is -2.22. The van der Waals surface area contributed by atoms with E-state index in [1.807, 2.05) is 0 Å². The van der Waals surface area contributed by atoms with Gasteiger partial charge in [-0.25, -0.2) is 8.42 Å². The summed E-state index contributed by atoms with van der Waals surface area (Å²) in [6, 6.07) is 10.7. The summed E-state index contributed by atoms with van der Waals surface area (Å²) in [5, 5.41) is 2.98. The van der Waals surface area contributed by atoms with Crippen LogP contribution in [-0.2, 0) is 14.8 Å². The fraction of sp³-hybridized carbons (Fsp3) is 0.176. The van der Waals surface area contributed by atoms with Crippen LogP contribution in [0.2, 0.25) is 5.02 Å². The molecule has 0 heterocycles. The molecule has 0 radical (unpaired) electrons. The van der Waals surface area contributed by atoms with Crippen LogP contribution in [0.15, 0.2) is 42.5 Å². The summed E-state index contributed by atoms with van der Waals surface area (Å²) in [6.07, 6.45) is 1.01. The zero-order valence-corrected chi connectivity index (χ0v) is 15.8. The first-order valence-electron chi connectivity index (χ1n) is 7.51. The minimum Gasteiger partial charge on any atom is -0.366 e. The quantitative estimate of drug-likeness (QED) is 0.780. The van der Waals surface area contributed by atoms with Gasteiger partial charge in [0.2, 0.25) is 21.8 Å². The number of hydrogen-bond donors (Lipinski definition) is 2. The number of carbonyl (C=O) groups excluding carboxylic acids is 2. The first-order valence-corrected chi connectivity index (χ1v) is 9.74. The fourth-order valence-electron chi connectivity index (χ4n) is 2.19. The molecule has 2 rings (SSSR count). The van der Waals surface area contributed by atoms with Gasteiger partial charge in [0.25, 0.3) is 0 Å². The molecule has 9 heteroatoms. The molecule has 0 saturated heterocycles. The Morgan fingerprint density at radius 1 is 1.15 bits per heavy atom. The van der Waals surface area contributed by atoms with Gasteiger partial charge < -0.3 is 11.1 Å². The first kappa shape index (κ1) is 19.7. The summed E-state index contributed by atoms with van der Waals surface area (Å²) in [5.41, 5.74) is 6.96. The Kier molecular flexibility index (Phi) is 5.89. The van der Waals surface area contributed by atoms with Gasteiger partial charge in [0.15, 0.2) is 0 Å². The third-order valence-corrected chi connectivity index (χ3v) is 5.13. The van der Waals surface area contributed by atoms with Gasteiger partial charge in [0.05, 0.1) is 11.9 Å². The molecule has 0 aliphatic heterocycles. The SMILES string of the molecule is Cc1ccc(N(CC(=O)Nc2ccc(C(N)=O)cc2)S(C)(=O)=O)cc1Cl. The van der Waals surface area contributed by atoms with E-state index in [0.29, 0.717) is 22.0 Å². The van der Waals surface area contributed by atoms with Gasteiger partial charge in [0.1, 0.15) is 6.54 Å². The van der Waals surface area contributed by atoms with Crippen LogP contribution < -0.4 is 15.4 Å². The van der Waals surface area contributed by atoms with Crippen molar-refractivity contribution in [3.05, 3.63) is 58.6 Å². The molecule has 2 aromatic rings. The van der Waals surface area contributed by atoms with Crippen molar-refractivity contribution in [3.63, 3.8) is 0 Å². The zero-order chi connectivity index (χ0) is 19.5. The fourth-order valence-corrected chi connectivity index (χ4v) is 3.21. The Balaban J connectivity index is 2.19. The predicted molar refractivity (Wildman–Crippen MR) is 102 cm³/mol. The van der Waals surface area contributed by atoms with Crippen molar-refractivity contribution in [1.29, 1.82) is 0 Å². The number of nitrogens with zero attached hydrogens (tertiary/aromatic N) is 1. The van der Waals surface area contributed by atoms with Crippen LogP contribution >= 0.6 is 11.6 Å². The second kappa shape index (κ2) is 7.76. The second-order valence-electron chi connectivity index (χ2n) is 5.69. The average molecular weight is 396 g/mol. The Labute approximate surface area is 156 Å². The number of hydrogen-bond acceptors (Lipinski definition) is 4. The molecule has 0 atom stereocenters. The highest BCUT2D eigenvalue weighted by atomic mass is 35.5. The summed E-state index contributed by atoms with van der Waals surface area (Å²) in [5.74, 6) is -1.12. The van der Waals surface area contributed by atoms with Crippen molar-refractivity contribution < 1.29 is 18.0 Å². The molecule has 26 heavy (non-hydrogen) atoms. The molecule has 0 aliphatic carbocycles. The number of amides is 2. The van der Waals surface area contributed by atoms with E-state index in [0.717, 1.165) is 16.1 Å². The van der Waals surface area contributed by atoms with Gasteiger partial charge in [0, 0.05) is 16.3 Å². The van der Waals surface area contributed by atoms with Crippen molar-refractivity contribution in [2.24, 2.45) is 5.73 Å². The van der Waals surface area contributed by atoms with Gasteiger partial charge in [-0.05, 0) is 48.9 Å². The number of anilines is 2. The van der Waals surface area contributed by atoms with Crippen molar-refractivity contribution in [3.8, 4) is 0 Å². The number of carbonyl (C=O) groups is 2. The molecule has 0 bridgehead atoms. The van der Waals surface area contributed by atoms with Crippen LogP contribution in [0.25, 0.3) is 0 Å². The number of rotatable bonds is 6. The van der Waals surface area contributed by atoms with Gasteiger partial charge in [-0.1, -0.05) is 17.7 Å². The van der Waals surface area contributed by atoms with E-state index < -0.39 is 28.4 Å². The molecule has 0 aromatic heterocycles. The van der Waals surface area contributed by atoms with Crippen molar-refractivity contribution >= 4 is 44.8 Å². The standard InChI is InChI=1S/C17H18ClN3O4S/c1-11-3-8-14(9-15(11)18)21(26(2,24)25)10-16(22)20-13-6-4-12(5-7-13)17(19)23/h3-9H,10H2,1-2H3,(H2,19,23)(H,20,22). The lowest BCUT2D eigenvalue weighted by Crippen LogP contribution is -2.37. The molecule has 3 N–H and O–H groups in total. The molecule has 7 nitrogen and oxygen atoms in total. The Morgan fingerprint density at radius 2 is 1.77 bits per heavy atom. The number of halogens is 1. The summed E-state index contributed by atoms with van der Waals surface area (Å²) in [7, 11) is -3.70. The molecule has 2 aromatic carbocycles. The van der Waals surface area contributed by atoms with E-state index in [4.69, 9.17) is 17.3 Å². The molecule has 0 aliphatic rings. The Hall–Kier alpha value is -2.58. The monoisotopic (exact) mass is 395 g/mol. The molecular formula is C17H18ClN3O4S. The van der Waals surface area contributed by atoms with E-state index in [1.54, 1.807) is 19.1 Å². The molecular weight excluding hydrogens is 378 g/mol. The molecule has 0 unspecified atom stereocenters. The van der Waals surface area contributed by atoms with Crippen LogP contribution in [0.1, 0.15) is 15.9 Å². The smallest absolute Gasteiger partial charge is 0.248 e. The van der Waals surface area contributed by atoms with Gasteiger partial charge in [-0.15, -0.1) is 0 Å². The Bertz CT molecular complexity index is 943. The van der Waals surface area contributed by atoms with Crippen LogP contribution in [0.4, 0.5) is 11.4 Å². The van der Waals surface area contributed by atoms with Crippen molar-refractivity contribution in [2.45, 2.75) is 6.92 Å². The van der Waals surface area contributed by atoms with Gasteiger partial charge in [-0.2, -0.15) is 0 Å². The zero-order valence-electron chi connectivity index (χ0n) is 14.2. The van der Waals surface area contributed by atoms with E-state index in [9.17, 15) is 18.0 Å². The number of nitrogens with one attached hydrogen (secondary N) is 1. The number of aryl methyl sites for hydroxylation is 1. The maximum absolute atomic E-state index is 12.3. The summed E-state index contributed by atoms with van der Waals surface area (Å²) >= 11 is 6.05. The number of primary amides is 1. The normalized spacial score (nSPS) is 11.0. The third kappa shape index (κ3) is 4.96. The first-order chi connectivity index (χ1) is 12.1.